The van der Waals surface area contributed by atoms with Crippen LogP contribution in [0.25, 0.3) is 0 Å². The Balaban J connectivity index is 1.85. The Labute approximate surface area is 162 Å². The number of benzene rings is 2. The van der Waals surface area contributed by atoms with Gasteiger partial charge >= 0.3 is 0 Å². The van der Waals surface area contributed by atoms with Gasteiger partial charge in [-0.15, -0.1) is 0 Å². The summed E-state index contributed by atoms with van der Waals surface area (Å²) in [6, 6.07) is 11.2. The summed E-state index contributed by atoms with van der Waals surface area (Å²) in [6.45, 7) is 2.47. The monoisotopic (exact) mass is 392 g/mol. The van der Waals surface area contributed by atoms with E-state index in [0.29, 0.717) is 40.1 Å². The van der Waals surface area contributed by atoms with E-state index in [1.54, 1.807) is 66.3 Å². The van der Waals surface area contributed by atoms with Crippen LogP contribution in [-0.4, -0.2) is 43.0 Å². The highest BCUT2D eigenvalue weighted by atomic mass is 35.5. The third kappa shape index (κ3) is 3.50. The maximum Gasteiger partial charge on any atom is 0.254 e. The van der Waals surface area contributed by atoms with Crippen molar-refractivity contribution in [2.75, 3.05) is 25.1 Å². The first-order valence-electron chi connectivity index (χ1n) is 8.14. The van der Waals surface area contributed by atoms with Gasteiger partial charge in [-0.3, -0.25) is 9.59 Å². The quantitative estimate of drug-likeness (QED) is 0.796. The van der Waals surface area contributed by atoms with E-state index in [9.17, 15) is 9.59 Å². The number of hydrogen-bond donors (Lipinski definition) is 0. The Kier molecular flexibility index (Phi) is 5.39. The Bertz CT molecular complexity index is 856. The highest BCUT2D eigenvalue weighted by molar-refractivity contribution is 6.31. The topological polar surface area (TPSA) is 49.9 Å². The van der Waals surface area contributed by atoms with Crippen LogP contribution in [0.1, 0.15) is 17.3 Å². The Morgan fingerprint density at radius 1 is 1.12 bits per heavy atom. The van der Waals surface area contributed by atoms with Gasteiger partial charge in [0.05, 0.1) is 12.8 Å². The predicted molar refractivity (Wildman–Crippen MR) is 102 cm³/mol. The molecule has 7 heteroatoms. The van der Waals surface area contributed by atoms with Crippen molar-refractivity contribution in [2.45, 2.75) is 13.0 Å². The van der Waals surface area contributed by atoms with Crippen molar-refractivity contribution in [3.8, 4) is 5.75 Å². The number of piperazine rings is 1. The molecular weight excluding hydrogens is 375 g/mol. The SMILES string of the molecule is COc1ccc(Cl)cc1N1CCN(C(=O)c2cccc(Cl)c2)C(C)C1=O. The van der Waals surface area contributed by atoms with E-state index in [1.165, 1.54) is 0 Å². The predicted octanol–water partition coefficient (Wildman–Crippen LogP) is 3.88. The van der Waals surface area contributed by atoms with E-state index < -0.39 is 6.04 Å². The first kappa shape index (κ1) is 18.5. The molecule has 1 saturated heterocycles. The van der Waals surface area contributed by atoms with E-state index in [1.807, 2.05) is 0 Å². The number of amides is 2. The van der Waals surface area contributed by atoms with Crippen molar-refractivity contribution in [3.05, 3.63) is 58.1 Å². The molecule has 1 atom stereocenters. The van der Waals surface area contributed by atoms with Gasteiger partial charge in [-0.1, -0.05) is 29.3 Å². The van der Waals surface area contributed by atoms with E-state index in [0.717, 1.165) is 0 Å². The zero-order chi connectivity index (χ0) is 18.8. The first-order valence-corrected chi connectivity index (χ1v) is 8.89. The van der Waals surface area contributed by atoms with E-state index in [2.05, 4.69) is 0 Å². The third-order valence-corrected chi connectivity index (χ3v) is 4.89. The smallest absolute Gasteiger partial charge is 0.254 e. The summed E-state index contributed by atoms with van der Waals surface area (Å²) in [4.78, 5) is 28.9. The van der Waals surface area contributed by atoms with Gasteiger partial charge in [-0.2, -0.15) is 0 Å². The second-order valence-electron chi connectivity index (χ2n) is 5.99. The van der Waals surface area contributed by atoms with E-state index >= 15 is 0 Å². The van der Waals surface area contributed by atoms with Crippen molar-refractivity contribution < 1.29 is 14.3 Å². The molecule has 5 nitrogen and oxygen atoms in total. The first-order chi connectivity index (χ1) is 12.4. The molecule has 3 rings (SSSR count). The van der Waals surface area contributed by atoms with Crippen molar-refractivity contribution in [1.29, 1.82) is 0 Å². The lowest BCUT2D eigenvalue weighted by Crippen LogP contribution is -2.57. The fourth-order valence-electron chi connectivity index (χ4n) is 3.05. The summed E-state index contributed by atoms with van der Waals surface area (Å²) in [7, 11) is 1.54. The number of ether oxygens (including phenoxy) is 1. The zero-order valence-corrected chi connectivity index (χ0v) is 15.9. The molecule has 0 N–H and O–H groups in total. The average molecular weight is 393 g/mol. The van der Waals surface area contributed by atoms with Crippen molar-refractivity contribution in [3.63, 3.8) is 0 Å². The molecule has 0 spiro atoms. The van der Waals surface area contributed by atoms with Crippen LogP contribution in [0.15, 0.2) is 42.5 Å². The van der Waals surface area contributed by atoms with Crippen LogP contribution in [0.2, 0.25) is 10.0 Å². The minimum atomic E-state index is -0.612. The normalized spacial score (nSPS) is 17.4. The molecule has 1 aliphatic heterocycles. The molecule has 1 unspecified atom stereocenters. The van der Waals surface area contributed by atoms with Gasteiger partial charge in [0.2, 0.25) is 5.91 Å². The molecule has 136 valence electrons. The van der Waals surface area contributed by atoms with E-state index in [4.69, 9.17) is 27.9 Å². The number of halogens is 2. The highest BCUT2D eigenvalue weighted by Crippen LogP contribution is 2.33. The lowest BCUT2D eigenvalue weighted by Gasteiger charge is -2.39. The summed E-state index contributed by atoms with van der Waals surface area (Å²) in [6.07, 6.45) is 0. The number of methoxy groups -OCH3 is 1. The lowest BCUT2D eigenvalue weighted by molar-refractivity contribution is -0.124. The molecule has 2 amide bonds. The molecule has 0 aromatic heterocycles. The lowest BCUT2D eigenvalue weighted by atomic mass is 10.1. The van der Waals surface area contributed by atoms with Gasteiger partial charge in [-0.05, 0) is 43.3 Å². The summed E-state index contributed by atoms with van der Waals surface area (Å²) >= 11 is 12.1. The van der Waals surface area contributed by atoms with Crippen LogP contribution in [0.5, 0.6) is 5.75 Å². The molecule has 1 fully saturated rings. The van der Waals surface area contributed by atoms with Gasteiger partial charge in [0.1, 0.15) is 11.8 Å². The van der Waals surface area contributed by atoms with Gasteiger partial charge in [0.25, 0.3) is 5.91 Å². The van der Waals surface area contributed by atoms with Gasteiger partial charge in [-0.25, -0.2) is 0 Å². The van der Waals surface area contributed by atoms with Gasteiger partial charge in [0.15, 0.2) is 0 Å². The minimum Gasteiger partial charge on any atom is -0.495 e. The van der Waals surface area contributed by atoms with E-state index in [-0.39, 0.29) is 11.8 Å². The maximum atomic E-state index is 12.9. The number of rotatable bonds is 3. The molecule has 1 heterocycles. The second kappa shape index (κ2) is 7.56. The number of anilines is 1. The second-order valence-corrected chi connectivity index (χ2v) is 6.86. The fourth-order valence-corrected chi connectivity index (χ4v) is 3.41. The zero-order valence-electron chi connectivity index (χ0n) is 14.4. The molecule has 2 aromatic carbocycles. The van der Waals surface area contributed by atoms with Crippen LogP contribution in [-0.2, 0) is 4.79 Å². The van der Waals surface area contributed by atoms with Gasteiger partial charge < -0.3 is 14.5 Å². The number of carbonyl (C=O) groups is 2. The Morgan fingerprint density at radius 3 is 2.54 bits per heavy atom. The number of nitrogens with zero attached hydrogens (tertiary/aromatic N) is 2. The van der Waals surface area contributed by atoms with Crippen molar-refractivity contribution in [2.24, 2.45) is 0 Å². The average Bonchev–Trinajstić information content (AvgIpc) is 2.63. The molecule has 0 radical (unpaired) electrons. The molecule has 0 bridgehead atoms. The largest absolute Gasteiger partial charge is 0.495 e. The molecular formula is C19H18Cl2N2O3. The summed E-state index contributed by atoms with van der Waals surface area (Å²) in [5.41, 5.74) is 1.07. The third-order valence-electron chi connectivity index (χ3n) is 4.42. The van der Waals surface area contributed by atoms with Crippen LogP contribution < -0.4 is 9.64 Å². The summed E-state index contributed by atoms with van der Waals surface area (Å²) in [5.74, 6) is 0.155. The molecule has 1 aliphatic rings. The fraction of sp³-hybridized carbons (Fsp3) is 0.263. The molecule has 0 aliphatic carbocycles. The van der Waals surface area contributed by atoms with Crippen LogP contribution in [0.4, 0.5) is 5.69 Å². The highest BCUT2D eigenvalue weighted by Gasteiger charge is 2.36. The van der Waals surface area contributed by atoms with Crippen molar-refractivity contribution in [1.82, 2.24) is 4.90 Å². The summed E-state index contributed by atoms with van der Waals surface area (Å²) in [5, 5.41) is 0.996. The molecule has 0 saturated carbocycles. The Hall–Kier alpha value is -2.24. The van der Waals surface area contributed by atoms with Crippen LogP contribution in [0, 0.1) is 0 Å². The standard InChI is InChI=1S/C19H18Cl2N2O3/c1-12-18(24)23(16-11-15(21)6-7-17(16)26-2)9-8-22(12)19(25)13-4-3-5-14(20)10-13/h3-7,10-12H,8-9H2,1-2H3. The maximum absolute atomic E-state index is 12.9. The molecule has 26 heavy (non-hydrogen) atoms. The number of carbonyl (C=O) groups excluding carboxylic acids is 2. The molecule has 2 aromatic rings. The Morgan fingerprint density at radius 2 is 1.85 bits per heavy atom. The minimum absolute atomic E-state index is 0.188. The van der Waals surface area contributed by atoms with Crippen molar-refractivity contribution >= 4 is 40.7 Å². The van der Waals surface area contributed by atoms with Crippen LogP contribution in [0.3, 0.4) is 0 Å². The van der Waals surface area contributed by atoms with Gasteiger partial charge in [0, 0.05) is 28.7 Å². The summed E-state index contributed by atoms with van der Waals surface area (Å²) < 4.78 is 5.35. The van der Waals surface area contributed by atoms with Crippen LogP contribution >= 0.6 is 23.2 Å². The number of hydrogen-bond acceptors (Lipinski definition) is 3.